The number of hydrogen-bond acceptors (Lipinski definition) is 8. The minimum atomic E-state index is -0.243. The lowest BCUT2D eigenvalue weighted by molar-refractivity contribution is 0.660. The van der Waals surface area contributed by atoms with Gasteiger partial charge >= 0.3 is 0 Å². The summed E-state index contributed by atoms with van der Waals surface area (Å²) >= 11 is 0. The Morgan fingerprint density at radius 1 is 0.327 bits per heavy atom. The zero-order chi connectivity index (χ0) is 74.6. The first kappa shape index (κ1) is 64.3. The standard InChI is InChI=1S/C105H68N6O2/c1-105(2)87-46-21-20-37-75(87)83-59-70(51-52-88(83)105)110(90-48-25-43-74-71(42-24-44-76(74)90)64-27-6-3-7-28-64)92-62-95-99(81-45-26-49-91(103(81)113-95)109-56-55-107-108-63-109)100-85(92)60-82(65-29-8-4-9-30-65)84-61-93(98-86-58-68(89-47-22-23-54-106-89)50-53-94(86)112-104(98)101(84)100)111(69-33-10-5-11-34-69)102-79-40-18-16-38-77(79)97(78-39-17-19-41-80(78)102)96-72-35-14-12-31-66(72)57-67-32-13-15-36-73(67)96/h3-55,57-63H,56H2,1-2H3. The Balaban J connectivity index is 0.912. The van der Waals surface area contributed by atoms with Gasteiger partial charge in [0.15, 0.2) is 5.58 Å². The van der Waals surface area contributed by atoms with Crippen molar-refractivity contribution in [3.05, 3.63) is 363 Å². The second kappa shape index (κ2) is 25.2. The zero-order valence-electron chi connectivity index (χ0n) is 61.8. The van der Waals surface area contributed by atoms with E-state index in [1.54, 1.807) is 6.34 Å². The average Bonchev–Trinajstić information content (AvgIpc) is 1.71. The molecule has 0 bridgehead atoms. The number of para-hydroxylation sites is 2. The fourth-order valence-electron chi connectivity index (χ4n) is 19.1. The maximum atomic E-state index is 8.06. The summed E-state index contributed by atoms with van der Waals surface area (Å²) < 4.78 is 15.8. The molecule has 530 valence electrons. The van der Waals surface area contributed by atoms with Gasteiger partial charge in [0, 0.05) is 89.3 Å². The molecule has 1 aliphatic carbocycles. The van der Waals surface area contributed by atoms with Gasteiger partial charge in [0.1, 0.15) is 23.1 Å². The number of furan rings is 2. The number of hydrogen-bond donors (Lipinski definition) is 0. The van der Waals surface area contributed by atoms with Crippen molar-refractivity contribution in [2.45, 2.75) is 19.3 Å². The Morgan fingerprint density at radius 3 is 1.67 bits per heavy atom. The maximum absolute atomic E-state index is 8.06. The van der Waals surface area contributed by atoms with Crippen molar-refractivity contribution in [2.24, 2.45) is 10.2 Å². The van der Waals surface area contributed by atoms with E-state index >= 15 is 0 Å². The van der Waals surface area contributed by atoms with Gasteiger partial charge in [0.2, 0.25) is 0 Å². The molecule has 0 atom stereocenters. The summed E-state index contributed by atoms with van der Waals surface area (Å²) in [6.07, 6.45) is 5.52. The predicted molar refractivity (Wildman–Crippen MR) is 474 cm³/mol. The third-order valence-electron chi connectivity index (χ3n) is 24.0. The van der Waals surface area contributed by atoms with Crippen LogP contribution in [0.4, 0.5) is 39.8 Å². The lowest BCUT2D eigenvalue weighted by atomic mass is 9.82. The molecular formula is C105H68N6O2. The lowest BCUT2D eigenvalue weighted by Gasteiger charge is -2.31. The number of aromatic nitrogens is 1. The van der Waals surface area contributed by atoms with Crippen LogP contribution in [0.3, 0.4) is 0 Å². The SMILES string of the molecule is CC1(C)c2ccccc2-c2cc(N(c3cccc4c(-c5ccccc5)cccc34)c3cc4oc5c(N6C=NN=CC6)cccc5c4c4c3cc(-c3ccccc3)c3cc(N(c5ccccc5)c5c6ccccc6c(-c6c7ccccc7cc7ccccc67)c6ccccc56)c5c6cc(-c7ccccn7)ccc6oc5c34)ccc21. The quantitative estimate of drug-likeness (QED) is 0.0949. The highest BCUT2D eigenvalue weighted by Crippen LogP contribution is 2.59. The summed E-state index contributed by atoms with van der Waals surface area (Å²) in [5.41, 5.74) is 23.1. The monoisotopic (exact) mass is 1440 g/mol. The summed E-state index contributed by atoms with van der Waals surface area (Å²) in [6, 6.07) is 127. The van der Waals surface area contributed by atoms with Gasteiger partial charge in [-0.15, -0.1) is 5.10 Å². The molecule has 3 aromatic heterocycles. The molecule has 0 radical (unpaired) electrons. The maximum Gasteiger partial charge on any atom is 0.159 e. The average molecular weight is 1450 g/mol. The highest BCUT2D eigenvalue weighted by atomic mass is 16.3. The summed E-state index contributed by atoms with van der Waals surface area (Å²) in [5, 5.41) is 27.9. The van der Waals surface area contributed by atoms with Crippen LogP contribution in [-0.4, -0.2) is 24.1 Å². The van der Waals surface area contributed by atoms with Crippen molar-refractivity contribution in [3.8, 4) is 55.8 Å². The number of pyridine rings is 1. The number of rotatable bonds is 11. The molecular weight excluding hydrogens is 1380 g/mol. The van der Waals surface area contributed by atoms with E-state index in [1.165, 1.54) is 54.9 Å². The highest BCUT2D eigenvalue weighted by molar-refractivity contribution is 6.39. The third kappa shape index (κ3) is 9.79. The second-order valence-electron chi connectivity index (χ2n) is 30.4. The second-order valence-corrected chi connectivity index (χ2v) is 30.4. The Bertz CT molecular complexity index is 7520. The van der Waals surface area contributed by atoms with Crippen molar-refractivity contribution in [1.29, 1.82) is 0 Å². The van der Waals surface area contributed by atoms with Crippen molar-refractivity contribution in [2.75, 3.05) is 21.2 Å². The summed E-state index contributed by atoms with van der Waals surface area (Å²) in [7, 11) is 0. The van der Waals surface area contributed by atoms with E-state index in [9.17, 15) is 0 Å². The van der Waals surface area contributed by atoms with E-state index in [0.717, 1.165) is 165 Å². The third-order valence-corrected chi connectivity index (χ3v) is 24.0. The van der Waals surface area contributed by atoms with Crippen LogP contribution in [-0.2, 0) is 5.41 Å². The first-order chi connectivity index (χ1) is 55.9. The van der Waals surface area contributed by atoms with E-state index in [4.69, 9.17) is 13.8 Å². The first-order valence-electron chi connectivity index (χ1n) is 38.7. The van der Waals surface area contributed by atoms with Crippen LogP contribution in [0, 0.1) is 0 Å². The normalized spacial score (nSPS) is 13.2. The van der Waals surface area contributed by atoms with Crippen LogP contribution in [0.1, 0.15) is 25.0 Å². The molecule has 0 saturated heterocycles. The lowest BCUT2D eigenvalue weighted by Crippen LogP contribution is -2.25. The Hall–Kier alpha value is -14.7. The Kier molecular flexibility index (Phi) is 14.3. The largest absolute Gasteiger partial charge is 0.455 e. The van der Waals surface area contributed by atoms with Crippen molar-refractivity contribution >= 4 is 172 Å². The smallest absolute Gasteiger partial charge is 0.159 e. The van der Waals surface area contributed by atoms with Gasteiger partial charge in [-0.05, 0) is 184 Å². The molecule has 8 nitrogen and oxygen atoms in total. The topological polar surface area (TPSA) is 73.6 Å². The summed E-state index contributed by atoms with van der Waals surface area (Å²) in [6.45, 7) is 5.23. The van der Waals surface area contributed by atoms with E-state index < -0.39 is 0 Å². The van der Waals surface area contributed by atoms with Gasteiger partial charge in [-0.3, -0.25) is 4.98 Å². The number of nitrogens with zero attached hydrogens (tertiary/aromatic N) is 6. The number of fused-ring (bicyclic) bond motifs is 19. The summed E-state index contributed by atoms with van der Waals surface area (Å²) in [5.74, 6) is 0. The van der Waals surface area contributed by atoms with Gasteiger partial charge < -0.3 is 23.5 Å². The molecule has 0 amide bonds. The minimum absolute atomic E-state index is 0.243. The van der Waals surface area contributed by atoms with E-state index in [-0.39, 0.29) is 5.41 Å². The van der Waals surface area contributed by atoms with Gasteiger partial charge in [-0.25, -0.2) is 0 Å². The molecule has 18 aromatic carbocycles. The van der Waals surface area contributed by atoms with Crippen LogP contribution in [0.25, 0.3) is 175 Å². The van der Waals surface area contributed by atoms with Crippen LogP contribution >= 0.6 is 0 Å². The van der Waals surface area contributed by atoms with Gasteiger partial charge in [0.05, 0.1) is 46.1 Å². The van der Waals surface area contributed by atoms with Crippen LogP contribution in [0.2, 0.25) is 0 Å². The predicted octanol–water partition coefficient (Wildman–Crippen LogP) is 28.7. The minimum Gasteiger partial charge on any atom is -0.455 e. The van der Waals surface area contributed by atoms with Crippen LogP contribution in [0.5, 0.6) is 0 Å². The van der Waals surface area contributed by atoms with E-state index in [0.29, 0.717) is 12.1 Å². The molecule has 23 rings (SSSR count). The molecule has 113 heavy (non-hydrogen) atoms. The molecule has 0 fully saturated rings. The highest BCUT2D eigenvalue weighted by Gasteiger charge is 2.37. The Morgan fingerprint density at radius 2 is 0.938 bits per heavy atom. The van der Waals surface area contributed by atoms with Crippen molar-refractivity contribution < 1.29 is 8.83 Å². The molecule has 0 spiro atoms. The van der Waals surface area contributed by atoms with E-state index in [1.807, 2.05) is 18.5 Å². The number of anilines is 7. The van der Waals surface area contributed by atoms with Crippen LogP contribution < -0.4 is 14.7 Å². The van der Waals surface area contributed by atoms with E-state index in [2.05, 4.69) is 378 Å². The molecule has 21 aromatic rings. The molecule has 0 unspecified atom stereocenters. The van der Waals surface area contributed by atoms with Crippen molar-refractivity contribution in [1.82, 2.24) is 4.98 Å². The molecule has 8 heteroatoms. The van der Waals surface area contributed by atoms with Crippen LogP contribution in [0.15, 0.2) is 371 Å². The number of benzene rings is 18. The van der Waals surface area contributed by atoms with Gasteiger partial charge in [-0.1, -0.05) is 269 Å². The fourth-order valence-corrected chi connectivity index (χ4v) is 19.1. The first-order valence-corrected chi connectivity index (χ1v) is 38.7. The summed E-state index contributed by atoms with van der Waals surface area (Å²) in [4.78, 5) is 12.2. The fraction of sp³-hybridized carbons (Fsp3) is 0.0381. The molecule has 0 N–H and O–H groups in total. The molecule has 0 saturated carbocycles. The van der Waals surface area contributed by atoms with Gasteiger partial charge in [-0.2, -0.15) is 5.10 Å². The Labute approximate surface area is 650 Å². The zero-order valence-corrected chi connectivity index (χ0v) is 61.8. The molecule has 4 heterocycles. The van der Waals surface area contributed by atoms with Crippen molar-refractivity contribution in [3.63, 3.8) is 0 Å². The van der Waals surface area contributed by atoms with Gasteiger partial charge in [0.25, 0.3) is 0 Å². The molecule has 2 aliphatic rings. The molecule has 1 aliphatic heterocycles.